The van der Waals surface area contributed by atoms with E-state index in [0.29, 0.717) is 18.8 Å². The predicted octanol–water partition coefficient (Wildman–Crippen LogP) is 4.84. The van der Waals surface area contributed by atoms with Gasteiger partial charge in [-0.25, -0.2) is 4.68 Å². The van der Waals surface area contributed by atoms with Gasteiger partial charge in [0, 0.05) is 38.3 Å². The molecular formula is C30H30N4O3. The lowest BCUT2D eigenvalue weighted by Gasteiger charge is -2.34. The molecule has 3 aromatic carbocycles. The van der Waals surface area contributed by atoms with Crippen molar-refractivity contribution in [1.82, 2.24) is 19.6 Å². The summed E-state index contributed by atoms with van der Waals surface area (Å²) >= 11 is 0. The van der Waals surface area contributed by atoms with Crippen LogP contribution in [-0.2, 0) is 6.54 Å². The molecule has 1 aromatic heterocycles. The molecule has 0 aliphatic carbocycles. The highest BCUT2D eigenvalue weighted by atomic mass is 16.7. The molecule has 0 spiro atoms. The molecule has 0 atom stereocenters. The van der Waals surface area contributed by atoms with Crippen molar-refractivity contribution in [3.63, 3.8) is 0 Å². The average Bonchev–Trinajstić information content (AvgIpc) is 3.58. The van der Waals surface area contributed by atoms with Gasteiger partial charge in [-0.3, -0.25) is 9.69 Å². The molecule has 1 amide bonds. The van der Waals surface area contributed by atoms with Gasteiger partial charge in [0.05, 0.1) is 11.4 Å². The van der Waals surface area contributed by atoms with Crippen molar-refractivity contribution in [2.45, 2.75) is 20.4 Å². The standard InChI is InChI=1S/C30H30N4O3/c1-21-8-10-24(16-22(21)2)26-18-27(34(31-26)25-6-4-3-5-7-25)30(35)33-14-12-32(13-15-33)19-23-9-11-28-29(17-23)37-20-36-28/h3-11,16-18H,12-15,19-20H2,1-2H3. The van der Waals surface area contributed by atoms with E-state index in [1.807, 2.05) is 53.4 Å². The number of hydrogen-bond acceptors (Lipinski definition) is 5. The average molecular weight is 495 g/mol. The predicted molar refractivity (Wildman–Crippen MR) is 142 cm³/mol. The fraction of sp³-hybridized carbons (Fsp3) is 0.267. The zero-order chi connectivity index (χ0) is 25.4. The Morgan fingerprint density at radius 3 is 2.41 bits per heavy atom. The zero-order valence-electron chi connectivity index (χ0n) is 21.2. The van der Waals surface area contributed by atoms with Crippen LogP contribution in [0.2, 0.25) is 0 Å². The number of hydrogen-bond donors (Lipinski definition) is 0. The molecule has 188 valence electrons. The van der Waals surface area contributed by atoms with Crippen LogP contribution in [0.25, 0.3) is 16.9 Å². The number of carbonyl (C=O) groups excluding carboxylic acids is 1. The summed E-state index contributed by atoms with van der Waals surface area (Å²) in [4.78, 5) is 18.1. The highest BCUT2D eigenvalue weighted by Gasteiger charge is 2.27. The number of carbonyl (C=O) groups is 1. The molecule has 0 bridgehead atoms. The van der Waals surface area contributed by atoms with Crippen molar-refractivity contribution in [2.75, 3.05) is 33.0 Å². The van der Waals surface area contributed by atoms with Gasteiger partial charge in [0.25, 0.3) is 5.91 Å². The van der Waals surface area contributed by atoms with Crippen molar-refractivity contribution < 1.29 is 14.3 Å². The number of aromatic nitrogens is 2. The highest BCUT2D eigenvalue weighted by Crippen LogP contribution is 2.33. The van der Waals surface area contributed by atoms with Gasteiger partial charge in [-0.1, -0.05) is 36.4 Å². The van der Waals surface area contributed by atoms with Crippen LogP contribution >= 0.6 is 0 Å². The molecule has 1 fully saturated rings. The molecule has 4 aromatic rings. The maximum atomic E-state index is 13.8. The summed E-state index contributed by atoms with van der Waals surface area (Å²) in [7, 11) is 0. The summed E-state index contributed by atoms with van der Waals surface area (Å²) in [6.07, 6.45) is 0. The summed E-state index contributed by atoms with van der Waals surface area (Å²) in [6.45, 7) is 8.25. The van der Waals surface area contributed by atoms with Crippen LogP contribution in [-0.4, -0.2) is 58.5 Å². The lowest BCUT2D eigenvalue weighted by Crippen LogP contribution is -2.48. The van der Waals surface area contributed by atoms with Gasteiger partial charge in [-0.2, -0.15) is 5.10 Å². The molecule has 7 heteroatoms. The van der Waals surface area contributed by atoms with Crippen molar-refractivity contribution in [2.24, 2.45) is 0 Å². The topological polar surface area (TPSA) is 59.8 Å². The maximum absolute atomic E-state index is 13.8. The molecule has 3 heterocycles. The smallest absolute Gasteiger partial charge is 0.272 e. The first kappa shape index (κ1) is 23.3. The van der Waals surface area contributed by atoms with Gasteiger partial charge in [0.15, 0.2) is 11.5 Å². The number of ether oxygens (including phenoxy) is 2. The minimum Gasteiger partial charge on any atom is -0.454 e. The Labute approximate surface area is 216 Å². The summed E-state index contributed by atoms with van der Waals surface area (Å²) in [5.41, 5.74) is 6.91. The molecule has 0 unspecified atom stereocenters. The first-order valence-corrected chi connectivity index (χ1v) is 12.7. The number of amides is 1. The number of rotatable bonds is 5. The van der Waals surface area contributed by atoms with Crippen LogP contribution in [0.5, 0.6) is 11.5 Å². The number of fused-ring (bicyclic) bond motifs is 1. The Hall–Kier alpha value is -4.10. The van der Waals surface area contributed by atoms with E-state index in [0.717, 1.165) is 48.1 Å². The molecule has 0 N–H and O–H groups in total. The highest BCUT2D eigenvalue weighted by molar-refractivity contribution is 5.94. The Morgan fingerprint density at radius 1 is 0.838 bits per heavy atom. The fourth-order valence-electron chi connectivity index (χ4n) is 4.91. The monoisotopic (exact) mass is 494 g/mol. The third kappa shape index (κ3) is 4.70. The molecule has 2 aliphatic heterocycles. The summed E-state index contributed by atoms with van der Waals surface area (Å²) < 4.78 is 12.7. The lowest BCUT2D eigenvalue weighted by molar-refractivity contribution is 0.0619. The molecular weight excluding hydrogens is 464 g/mol. The third-order valence-corrected chi connectivity index (χ3v) is 7.23. The molecule has 37 heavy (non-hydrogen) atoms. The van der Waals surface area contributed by atoms with E-state index in [9.17, 15) is 4.79 Å². The van der Waals surface area contributed by atoms with Gasteiger partial charge in [0.2, 0.25) is 6.79 Å². The number of benzene rings is 3. The van der Waals surface area contributed by atoms with Gasteiger partial charge >= 0.3 is 0 Å². The normalized spacial score (nSPS) is 15.2. The Kier molecular flexibility index (Phi) is 6.14. The summed E-state index contributed by atoms with van der Waals surface area (Å²) in [5, 5.41) is 4.87. The Bertz CT molecular complexity index is 1440. The largest absolute Gasteiger partial charge is 0.454 e. The minimum absolute atomic E-state index is 0.00849. The second-order valence-electron chi connectivity index (χ2n) is 9.72. The lowest BCUT2D eigenvalue weighted by atomic mass is 10.0. The van der Waals surface area contributed by atoms with Gasteiger partial charge < -0.3 is 14.4 Å². The maximum Gasteiger partial charge on any atom is 0.272 e. The van der Waals surface area contributed by atoms with E-state index in [1.165, 1.54) is 16.7 Å². The van der Waals surface area contributed by atoms with E-state index in [1.54, 1.807) is 4.68 Å². The SMILES string of the molecule is Cc1ccc(-c2cc(C(=O)N3CCN(Cc4ccc5c(c4)OCO5)CC3)n(-c3ccccc3)n2)cc1C. The van der Waals surface area contributed by atoms with Gasteiger partial charge in [0.1, 0.15) is 5.69 Å². The van der Waals surface area contributed by atoms with Crippen LogP contribution in [0.1, 0.15) is 27.2 Å². The van der Waals surface area contributed by atoms with Crippen molar-refractivity contribution in [3.8, 4) is 28.4 Å². The van der Waals surface area contributed by atoms with Crippen LogP contribution < -0.4 is 9.47 Å². The van der Waals surface area contributed by atoms with Gasteiger partial charge in [-0.05, 0) is 66.9 Å². The third-order valence-electron chi connectivity index (χ3n) is 7.23. The van der Waals surface area contributed by atoms with Crippen LogP contribution in [0.15, 0.2) is 72.8 Å². The zero-order valence-corrected chi connectivity index (χ0v) is 21.2. The quantitative estimate of drug-likeness (QED) is 0.397. The molecule has 1 saturated heterocycles. The number of nitrogens with zero attached hydrogens (tertiary/aromatic N) is 4. The molecule has 0 radical (unpaired) electrons. The minimum atomic E-state index is 0.00849. The van der Waals surface area contributed by atoms with Crippen molar-refractivity contribution in [1.29, 1.82) is 0 Å². The number of piperazine rings is 1. The van der Waals surface area contributed by atoms with Crippen LogP contribution in [0, 0.1) is 13.8 Å². The van der Waals surface area contributed by atoms with E-state index in [-0.39, 0.29) is 12.7 Å². The van der Waals surface area contributed by atoms with Crippen LogP contribution in [0.3, 0.4) is 0 Å². The fourth-order valence-corrected chi connectivity index (χ4v) is 4.91. The van der Waals surface area contributed by atoms with E-state index in [4.69, 9.17) is 14.6 Å². The number of aryl methyl sites for hydroxylation is 2. The van der Waals surface area contributed by atoms with Gasteiger partial charge in [-0.15, -0.1) is 0 Å². The second kappa shape index (κ2) is 9.75. The molecule has 7 nitrogen and oxygen atoms in total. The summed E-state index contributed by atoms with van der Waals surface area (Å²) in [5.74, 6) is 1.61. The van der Waals surface area contributed by atoms with E-state index < -0.39 is 0 Å². The molecule has 6 rings (SSSR count). The van der Waals surface area contributed by atoms with E-state index >= 15 is 0 Å². The molecule has 2 aliphatic rings. The van der Waals surface area contributed by atoms with E-state index in [2.05, 4.69) is 43.0 Å². The second-order valence-corrected chi connectivity index (χ2v) is 9.72. The Balaban J connectivity index is 1.21. The summed E-state index contributed by atoms with van der Waals surface area (Å²) in [6, 6.07) is 24.2. The number of para-hydroxylation sites is 1. The molecule has 0 saturated carbocycles. The van der Waals surface area contributed by atoms with Crippen molar-refractivity contribution >= 4 is 5.91 Å². The van der Waals surface area contributed by atoms with Crippen molar-refractivity contribution in [3.05, 3.63) is 95.2 Å². The Morgan fingerprint density at radius 2 is 1.62 bits per heavy atom. The first-order chi connectivity index (χ1) is 18.0. The van der Waals surface area contributed by atoms with Crippen LogP contribution in [0.4, 0.5) is 0 Å². The first-order valence-electron chi connectivity index (χ1n) is 12.7.